The number of hydrogen-bond donors (Lipinski definition) is 1. The van der Waals surface area contributed by atoms with Crippen LogP contribution in [0.15, 0.2) is 47.4 Å². The van der Waals surface area contributed by atoms with E-state index in [0.717, 1.165) is 62.8 Å². The lowest BCUT2D eigenvalue weighted by molar-refractivity contribution is -0.387. The smallest absolute Gasteiger partial charge is 0.337 e. The maximum absolute atomic E-state index is 14.2. The average Bonchev–Trinajstić information content (AvgIpc) is 3.35. The molecular formula is C27H32F3N3O3S. The number of benzene rings is 2. The van der Waals surface area contributed by atoms with Crippen LogP contribution in [0.2, 0.25) is 0 Å². The molecule has 200 valence electrons. The van der Waals surface area contributed by atoms with Gasteiger partial charge in [-0.3, -0.25) is 14.9 Å². The Labute approximate surface area is 219 Å². The largest absolute Gasteiger partial charge is 0.417 e. The number of nitro groups is 1. The van der Waals surface area contributed by atoms with Crippen molar-refractivity contribution in [3.63, 3.8) is 0 Å². The lowest BCUT2D eigenvalue weighted by Gasteiger charge is -2.32. The minimum atomic E-state index is -4.83. The van der Waals surface area contributed by atoms with Crippen molar-refractivity contribution in [2.24, 2.45) is 0 Å². The molecule has 1 N–H and O–H groups in total. The van der Waals surface area contributed by atoms with E-state index in [0.29, 0.717) is 19.4 Å². The van der Waals surface area contributed by atoms with E-state index in [1.54, 1.807) is 0 Å². The molecule has 2 aromatic carbocycles. The Morgan fingerprint density at radius 2 is 1.89 bits per heavy atom. The minimum Gasteiger partial charge on any atom is -0.337 e. The van der Waals surface area contributed by atoms with Crippen molar-refractivity contribution < 1.29 is 22.9 Å². The fraction of sp³-hybridized carbons (Fsp3) is 0.519. The van der Waals surface area contributed by atoms with Crippen LogP contribution in [-0.4, -0.2) is 46.7 Å². The first-order chi connectivity index (χ1) is 17.6. The van der Waals surface area contributed by atoms with Crippen molar-refractivity contribution >= 4 is 23.4 Å². The summed E-state index contributed by atoms with van der Waals surface area (Å²) in [4.78, 5) is 25.9. The predicted molar refractivity (Wildman–Crippen MR) is 138 cm³/mol. The Balaban J connectivity index is 1.69. The minimum absolute atomic E-state index is 0.0224. The van der Waals surface area contributed by atoms with Crippen LogP contribution in [0.5, 0.6) is 0 Å². The molecule has 0 radical (unpaired) electrons. The van der Waals surface area contributed by atoms with Gasteiger partial charge in [0, 0.05) is 30.4 Å². The first kappa shape index (κ1) is 27.4. The lowest BCUT2D eigenvalue weighted by Crippen LogP contribution is -2.47. The van der Waals surface area contributed by atoms with Gasteiger partial charge in [0.05, 0.1) is 20.9 Å². The molecule has 1 amide bonds. The SMILES string of the molecule is CN(C(=O)c1cc([N+](=O)[O-])c(SC2(CCc3ccccc3)CCCC2)cc1C(F)(F)F)[C@@H]1CCCNC1. The number of aryl methyl sites for hydroxylation is 1. The number of carbonyl (C=O) groups is 1. The molecule has 1 aliphatic heterocycles. The van der Waals surface area contributed by atoms with Gasteiger partial charge in [-0.05, 0) is 56.7 Å². The number of rotatable bonds is 8. The monoisotopic (exact) mass is 535 g/mol. The molecule has 2 aromatic rings. The highest BCUT2D eigenvalue weighted by molar-refractivity contribution is 8.00. The number of halogens is 3. The summed E-state index contributed by atoms with van der Waals surface area (Å²) in [7, 11) is 1.46. The molecule has 0 aromatic heterocycles. The number of carbonyl (C=O) groups excluding carboxylic acids is 1. The molecule has 2 fully saturated rings. The topological polar surface area (TPSA) is 75.5 Å². The molecule has 1 aliphatic carbocycles. The normalized spacial score (nSPS) is 19.5. The zero-order chi connectivity index (χ0) is 26.6. The Kier molecular flexibility index (Phi) is 8.48. The Bertz CT molecular complexity index is 1120. The number of nitrogens with zero attached hydrogens (tertiary/aromatic N) is 2. The van der Waals surface area contributed by atoms with Crippen LogP contribution in [-0.2, 0) is 12.6 Å². The van der Waals surface area contributed by atoms with Gasteiger partial charge in [0.2, 0.25) is 0 Å². The molecule has 37 heavy (non-hydrogen) atoms. The maximum atomic E-state index is 14.2. The number of piperidine rings is 1. The highest BCUT2D eigenvalue weighted by Crippen LogP contribution is 2.51. The van der Waals surface area contributed by atoms with E-state index in [9.17, 15) is 28.1 Å². The summed E-state index contributed by atoms with van der Waals surface area (Å²) in [5.41, 5.74) is -1.10. The van der Waals surface area contributed by atoms with Gasteiger partial charge in [-0.15, -0.1) is 11.8 Å². The molecule has 1 heterocycles. The van der Waals surface area contributed by atoms with Crippen LogP contribution in [0.3, 0.4) is 0 Å². The second-order valence-corrected chi connectivity index (χ2v) is 11.5. The summed E-state index contributed by atoms with van der Waals surface area (Å²) in [5.74, 6) is -0.847. The van der Waals surface area contributed by atoms with Crippen molar-refractivity contribution in [3.8, 4) is 0 Å². The van der Waals surface area contributed by atoms with Crippen LogP contribution in [0.1, 0.15) is 66.4 Å². The zero-order valence-electron chi connectivity index (χ0n) is 20.9. The average molecular weight is 536 g/mol. The lowest BCUT2D eigenvalue weighted by atomic mass is 9.97. The summed E-state index contributed by atoms with van der Waals surface area (Å²) in [5, 5.41) is 15.2. The van der Waals surface area contributed by atoms with Gasteiger partial charge in [0.1, 0.15) is 0 Å². The van der Waals surface area contributed by atoms with Gasteiger partial charge in [-0.25, -0.2) is 0 Å². The van der Waals surface area contributed by atoms with Crippen LogP contribution < -0.4 is 5.32 Å². The highest BCUT2D eigenvalue weighted by Gasteiger charge is 2.42. The molecular weight excluding hydrogens is 503 g/mol. The third-order valence-electron chi connectivity index (χ3n) is 7.52. The molecule has 0 unspecified atom stereocenters. The van der Waals surface area contributed by atoms with E-state index < -0.39 is 33.8 Å². The van der Waals surface area contributed by atoms with Crippen molar-refractivity contribution in [1.82, 2.24) is 10.2 Å². The standard InChI is InChI=1S/C27H32F3N3O3S/c1-32(20-10-7-15-31-18-20)25(34)21-16-23(33(35)36)24(17-22(21)27(28,29)30)37-26(12-5-6-13-26)14-11-19-8-3-2-4-9-19/h2-4,8-9,16-17,20,31H,5-7,10-15,18H2,1H3/t20-/m1/s1. The van der Waals surface area contributed by atoms with E-state index in [1.807, 2.05) is 30.3 Å². The fourth-order valence-electron chi connectivity index (χ4n) is 5.40. The van der Waals surface area contributed by atoms with Crippen molar-refractivity contribution in [1.29, 1.82) is 0 Å². The molecule has 1 saturated carbocycles. The predicted octanol–water partition coefficient (Wildman–Crippen LogP) is 6.48. The third-order valence-corrected chi connectivity index (χ3v) is 9.12. The maximum Gasteiger partial charge on any atom is 0.417 e. The molecule has 4 rings (SSSR count). The Morgan fingerprint density at radius 1 is 1.19 bits per heavy atom. The summed E-state index contributed by atoms with van der Waals surface area (Å²) < 4.78 is 42.3. The van der Waals surface area contributed by atoms with E-state index in [2.05, 4.69) is 5.32 Å². The van der Waals surface area contributed by atoms with Gasteiger partial charge in [0.25, 0.3) is 11.6 Å². The van der Waals surface area contributed by atoms with Gasteiger partial charge in [-0.1, -0.05) is 43.2 Å². The molecule has 1 saturated heterocycles. The number of nitro benzene ring substituents is 1. The Morgan fingerprint density at radius 3 is 2.49 bits per heavy atom. The molecule has 0 spiro atoms. The van der Waals surface area contributed by atoms with Gasteiger partial charge in [0.15, 0.2) is 0 Å². The summed E-state index contributed by atoms with van der Waals surface area (Å²) >= 11 is 1.18. The van der Waals surface area contributed by atoms with Gasteiger partial charge < -0.3 is 10.2 Å². The van der Waals surface area contributed by atoms with Crippen molar-refractivity contribution in [2.45, 2.75) is 73.2 Å². The summed E-state index contributed by atoms with van der Waals surface area (Å²) in [6.07, 6.45) is 1.50. The van der Waals surface area contributed by atoms with Gasteiger partial charge in [-0.2, -0.15) is 13.2 Å². The first-order valence-electron chi connectivity index (χ1n) is 12.7. The van der Waals surface area contributed by atoms with Crippen LogP contribution in [0.4, 0.5) is 18.9 Å². The molecule has 1 atom stereocenters. The van der Waals surface area contributed by atoms with Crippen molar-refractivity contribution in [3.05, 3.63) is 69.3 Å². The number of nitrogens with one attached hydrogen (secondary N) is 1. The summed E-state index contributed by atoms with van der Waals surface area (Å²) in [6.45, 7) is 1.26. The number of likely N-dealkylation sites (N-methyl/N-ethyl adjacent to an activating group) is 1. The molecule has 0 bridgehead atoms. The van der Waals surface area contributed by atoms with Crippen LogP contribution in [0.25, 0.3) is 0 Å². The van der Waals surface area contributed by atoms with E-state index >= 15 is 0 Å². The Hall–Kier alpha value is -2.59. The third kappa shape index (κ3) is 6.46. The molecule has 10 heteroatoms. The van der Waals surface area contributed by atoms with E-state index in [-0.39, 0.29) is 15.7 Å². The number of hydrogen-bond acceptors (Lipinski definition) is 5. The van der Waals surface area contributed by atoms with Crippen LogP contribution in [0, 0.1) is 10.1 Å². The number of amides is 1. The van der Waals surface area contributed by atoms with E-state index in [1.165, 1.54) is 23.7 Å². The number of alkyl halides is 3. The molecule has 6 nitrogen and oxygen atoms in total. The van der Waals surface area contributed by atoms with Crippen LogP contribution >= 0.6 is 11.8 Å². The fourth-order valence-corrected chi connectivity index (χ4v) is 6.97. The second-order valence-electron chi connectivity index (χ2n) is 10.0. The quantitative estimate of drug-likeness (QED) is 0.310. The summed E-state index contributed by atoms with van der Waals surface area (Å²) in [6, 6.07) is 11.3. The van der Waals surface area contributed by atoms with E-state index in [4.69, 9.17) is 0 Å². The zero-order valence-corrected chi connectivity index (χ0v) is 21.7. The molecule has 2 aliphatic rings. The first-order valence-corrected chi connectivity index (χ1v) is 13.5. The van der Waals surface area contributed by atoms with Crippen molar-refractivity contribution in [2.75, 3.05) is 20.1 Å². The highest BCUT2D eigenvalue weighted by atomic mass is 32.2. The number of thioether (sulfide) groups is 1. The second kappa shape index (κ2) is 11.4. The van der Waals surface area contributed by atoms with Gasteiger partial charge >= 0.3 is 6.18 Å².